The van der Waals surface area contributed by atoms with Crippen LogP contribution in [0.15, 0.2) is 29.4 Å². The molecule has 1 amide bonds. The predicted molar refractivity (Wildman–Crippen MR) is 82.0 cm³/mol. The van der Waals surface area contributed by atoms with Crippen molar-refractivity contribution in [3.63, 3.8) is 0 Å². The fourth-order valence-electron chi connectivity index (χ4n) is 2.41. The Labute approximate surface area is 132 Å². The Morgan fingerprint density at radius 1 is 1.27 bits per heavy atom. The van der Waals surface area contributed by atoms with Gasteiger partial charge in [-0.25, -0.2) is 0 Å². The first-order valence-corrected chi connectivity index (χ1v) is 8.06. The van der Waals surface area contributed by atoms with Crippen LogP contribution in [0.1, 0.15) is 19.8 Å². The van der Waals surface area contributed by atoms with Crippen molar-refractivity contribution < 1.29 is 9.90 Å². The van der Waals surface area contributed by atoms with E-state index in [1.54, 1.807) is 28.9 Å². The normalized spacial score (nSPS) is 16.0. The number of aromatic hydroxyl groups is 1. The zero-order chi connectivity index (χ0) is 15.5. The molecule has 1 aromatic heterocycles. The average molecular weight is 319 g/mol. The van der Waals surface area contributed by atoms with Gasteiger partial charge in [-0.1, -0.05) is 11.8 Å². The number of carbonyl (C=O) groups is 1. The molecule has 0 saturated carbocycles. The van der Waals surface area contributed by atoms with Gasteiger partial charge in [0.25, 0.3) is 0 Å². The van der Waals surface area contributed by atoms with Crippen molar-refractivity contribution in [3.05, 3.63) is 24.3 Å². The highest BCUT2D eigenvalue weighted by atomic mass is 32.2. The Balaban J connectivity index is 1.74. The third kappa shape index (κ3) is 3.06. The van der Waals surface area contributed by atoms with Crippen LogP contribution in [0, 0.1) is 0 Å². The summed E-state index contributed by atoms with van der Waals surface area (Å²) in [6.45, 7) is 3.56. The number of phenolic OH excluding ortho intramolecular Hbond substituents is 1. The fourth-order valence-corrected chi connectivity index (χ4v) is 3.30. The molecule has 8 heteroatoms. The van der Waals surface area contributed by atoms with Crippen molar-refractivity contribution in [3.8, 4) is 11.4 Å². The van der Waals surface area contributed by atoms with Crippen LogP contribution in [0.3, 0.4) is 0 Å². The molecule has 0 unspecified atom stereocenters. The number of hydrogen-bond acceptors (Lipinski definition) is 6. The molecule has 2 heterocycles. The molecule has 1 aliphatic heterocycles. The number of aromatic nitrogens is 4. The Kier molecular flexibility index (Phi) is 4.28. The Hall–Kier alpha value is -2.09. The standard InChI is InChI=1S/C14H17N5O2S/c1-10(13(21)18-8-2-3-9-18)22-14-15-16-17-19(14)11-4-6-12(20)7-5-11/h4-7,10,20H,2-3,8-9H2,1H3/t10-/m0/s1. The number of likely N-dealkylation sites (tertiary alicyclic amines) is 1. The summed E-state index contributed by atoms with van der Waals surface area (Å²) >= 11 is 1.34. The van der Waals surface area contributed by atoms with Crippen molar-refractivity contribution in [2.75, 3.05) is 13.1 Å². The largest absolute Gasteiger partial charge is 0.508 e. The maximum absolute atomic E-state index is 12.4. The number of amides is 1. The van der Waals surface area contributed by atoms with Gasteiger partial charge in [-0.2, -0.15) is 4.68 Å². The summed E-state index contributed by atoms with van der Waals surface area (Å²) in [5.74, 6) is 0.311. The molecule has 1 saturated heterocycles. The van der Waals surface area contributed by atoms with Gasteiger partial charge in [0.2, 0.25) is 11.1 Å². The van der Waals surface area contributed by atoms with Crippen LogP contribution in [-0.4, -0.2) is 54.5 Å². The van der Waals surface area contributed by atoms with Crippen molar-refractivity contribution in [1.82, 2.24) is 25.1 Å². The lowest BCUT2D eigenvalue weighted by Gasteiger charge is -2.19. The maximum Gasteiger partial charge on any atom is 0.235 e. The van der Waals surface area contributed by atoms with Crippen LogP contribution in [0.4, 0.5) is 0 Å². The topological polar surface area (TPSA) is 84.1 Å². The lowest BCUT2D eigenvalue weighted by Crippen LogP contribution is -2.34. The van der Waals surface area contributed by atoms with E-state index in [1.807, 2.05) is 11.8 Å². The number of hydrogen-bond donors (Lipinski definition) is 1. The summed E-state index contributed by atoms with van der Waals surface area (Å²) in [5.41, 5.74) is 0.742. The van der Waals surface area contributed by atoms with E-state index in [9.17, 15) is 9.90 Å². The van der Waals surface area contributed by atoms with E-state index in [0.717, 1.165) is 31.6 Å². The minimum Gasteiger partial charge on any atom is -0.508 e. The SMILES string of the molecule is C[C@H](Sc1nnnn1-c1ccc(O)cc1)C(=O)N1CCCC1. The number of benzene rings is 1. The lowest BCUT2D eigenvalue weighted by molar-refractivity contribution is -0.129. The number of thioether (sulfide) groups is 1. The number of nitrogens with zero attached hydrogens (tertiary/aromatic N) is 5. The Morgan fingerprint density at radius 3 is 2.64 bits per heavy atom. The first-order valence-electron chi connectivity index (χ1n) is 7.18. The second-order valence-corrected chi connectivity index (χ2v) is 6.49. The van der Waals surface area contributed by atoms with Crippen LogP contribution in [-0.2, 0) is 4.79 Å². The first-order chi connectivity index (χ1) is 10.6. The number of phenols is 1. The molecule has 1 aromatic carbocycles. The molecule has 2 aromatic rings. The minimum absolute atomic E-state index is 0.128. The predicted octanol–water partition coefficient (Wildman–Crippen LogP) is 1.47. The molecular formula is C14H17N5O2S. The second-order valence-electron chi connectivity index (χ2n) is 5.18. The molecule has 0 radical (unpaired) electrons. The van der Waals surface area contributed by atoms with Gasteiger partial charge in [0.1, 0.15) is 5.75 Å². The quantitative estimate of drug-likeness (QED) is 0.859. The van der Waals surface area contributed by atoms with E-state index in [0.29, 0.717) is 5.16 Å². The van der Waals surface area contributed by atoms with Gasteiger partial charge in [-0.05, 0) is 54.5 Å². The number of carbonyl (C=O) groups excluding carboxylic acids is 1. The van der Waals surface area contributed by atoms with Crippen LogP contribution in [0.25, 0.3) is 5.69 Å². The van der Waals surface area contributed by atoms with Crippen molar-refractivity contribution in [1.29, 1.82) is 0 Å². The molecule has 0 aliphatic carbocycles. The van der Waals surface area contributed by atoms with Gasteiger partial charge < -0.3 is 10.0 Å². The van der Waals surface area contributed by atoms with Crippen molar-refractivity contribution >= 4 is 17.7 Å². The molecule has 116 valence electrons. The van der Waals surface area contributed by atoms with E-state index >= 15 is 0 Å². The van der Waals surface area contributed by atoms with Crippen LogP contribution in [0.5, 0.6) is 5.75 Å². The average Bonchev–Trinajstić information content (AvgIpc) is 3.18. The lowest BCUT2D eigenvalue weighted by atomic mass is 10.3. The number of tetrazole rings is 1. The summed E-state index contributed by atoms with van der Waals surface area (Å²) in [4.78, 5) is 14.3. The second kappa shape index (κ2) is 6.35. The third-order valence-electron chi connectivity index (χ3n) is 3.58. The van der Waals surface area contributed by atoms with Crippen LogP contribution in [0.2, 0.25) is 0 Å². The summed E-state index contributed by atoms with van der Waals surface area (Å²) in [6.07, 6.45) is 2.16. The van der Waals surface area contributed by atoms with Gasteiger partial charge in [0.05, 0.1) is 10.9 Å². The summed E-state index contributed by atoms with van der Waals surface area (Å²) in [7, 11) is 0. The summed E-state index contributed by atoms with van der Waals surface area (Å²) in [6, 6.07) is 6.60. The zero-order valence-corrected chi connectivity index (χ0v) is 13.0. The first kappa shape index (κ1) is 14.8. The molecule has 3 rings (SSSR count). The molecule has 1 fully saturated rings. The Morgan fingerprint density at radius 2 is 1.95 bits per heavy atom. The molecule has 22 heavy (non-hydrogen) atoms. The number of rotatable bonds is 4. The van der Waals surface area contributed by atoms with E-state index in [2.05, 4.69) is 15.5 Å². The van der Waals surface area contributed by atoms with Crippen LogP contribution >= 0.6 is 11.8 Å². The highest BCUT2D eigenvalue weighted by Crippen LogP contribution is 2.25. The highest BCUT2D eigenvalue weighted by Gasteiger charge is 2.25. The van der Waals surface area contributed by atoms with Gasteiger partial charge in [0.15, 0.2) is 0 Å². The van der Waals surface area contributed by atoms with Crippen molar-refractivity contribution in [2.45, 2.75) is 30.2 Å². The van der Waals surface area contributed by atoms with Crippen LogP contribution < -0.4 is 0 Å². The molecule has 0 bridgehead atoms. The molecule has 1 atom stereocenters. The minimum atomic E-state index is -0.236. The van der Waals surface area contributed by atoms with E-state index in [1.165, 1.54) is 11.8 Å². The highest BCUT2D eigenvalue weighted by molar-refractivity contribution is 8.00. The molecule has 1 aliphatic rings. The van der Waals surface area contributed by atoms with Gasteiger partial charge >= 0.3 is 0 Å². The smallest absolute Gasteiger partial charge is 0.235 e. The van der Waals surface area contributed by atoms with Gasteiger partial charge in [-0.3, -0.25) is 4.79 Å². The fraction of sp³-hybridized carbons (Fsp3) is 0.429. The molecule has 0 spiro atoms. The summed E-state index contributed by atoms with van der Waals surface area (Å²) in [5, 5.41) is 21.3. The monoisotopic (exact) mass is 319 g/mol. The van der Waals surface area contributed by atoms with E-state index in [-0.39, 0.29) is 16.9 Å². The Bertz CT molecular complexity index is 652. The van der Waals surface area contributed by atoms with Crippen molar-refractivity contribution in [2.24, 2.45) is 0 Å². The van der Waals surface area contributed by atoms with E-state index in [4.69, 9.17) is 0 Å². The van der Waals surface area contributed by atoms with Gasteiger partial charge in [-0.15, -0.1) is 5.10 Å². The molecule has 1 N–H and O–H groups in total. The third-order valence-corrected chi connectivity index (χ3v) is 4.60. The molecular weight excluding hydrogens is 302 g/mol. The van der Waals surface area contributed by atoms with Gasteiger partial charge in [0, 0.05) is 13.1 Å². The zero-order valence-electron chi connectivity index (χ0n) is 12.2. The maximum atomic E-state index is 12.4. The van der Waals surface area contributed by atoms with E-state index < -0.39 is 0 Å². The summed E-state index contributed by atoms with van der Waals surface area (Å²) < 4.78 is 1.57. The molecule has 7 nitrogen and oxygen atoms in total.